The second kappa shape index (κ2) is 6.19. The van der Waals surface area contributed by atoms with Gasteiger partial charge in [0, 0.05) is 38.6 Å². The van der Waals surface area contributed by atoms with Gasteiger partial charge in [0.2, 0.25) is 0 Å². The molecule has 0 spiro atoms. The summed E-state index contributed by atoms with van der Waals surface area (Å²) in [5, 5.41) is 9.15. The summed E-state index contributed by atoms with van der Waals surface area (Å²) in [4.78, 5) is 18.7. The van der Waals surface area contributed by atoms with Gasteiger partial charge in [-0.3, -0.25) is 4.79 Å². The minimum Gasteiger partial charge on any atom is -0.396 e. The number of anilines is 1. The third-order valence-corrected chi connectivity index (χ3v) is 3.63. The smallest absolute Gasteiger partial charge is 0.293 e. The maximum atomic E-state index is 12.4. The van der Waals surface area contributed by atoms with Crippen LogP contribution in [0.25, 0.3) is 0 Å². The molecule has 2 rings (SSSR count). The SMILES string of the molecule is CC(C)Cn1ccnc(N2CCC(CO)CC2)c1=O. The average molecular weight is 265 g/mol. The zero-order valence-electron chi connectivity index (χ0n) is 11.7. The van der Waals surface area contributed by atoms with Gasteiger partial charge in [-0.05, 0) is 24.7 Å². The van der Waals surface area contributed by atoms with Crippen molar-refractivity contribution < 1.29 is 5.11 Å². The van der Waals surface area contributed by atoms with Crippen molar-refractivity contribution in [2.24, 2.45) is 11.8 Å². The molecule has 0 saturated carbocycles. The Morgan fingerprint density at radius 3 is 2.68 bits per heavy atom. The number of aliphatic hydroxyl groups is 1. The molecule has 106 valence electrons. The maximum Gasteiger partial charge on any atom is 0.293 e. The van der Waals surface area contributed by atoms with Crippen molar-refractivity contribution in [2.45, 2.75) is 33.2 Å². The summed E-state index contributed by atoms with van der Waals surface area (Å²) in [5.74, 6) is 1.37. The van der Waals surface area contributed by atoms with Gasteiger partial charge in [0.15, 0.2) is 5.82 Å². The maximum absolute atomic E-state index is 12.4. The highest BCUT2D eigenvalue weighted by atomic mass is 16.3. The van der Waals surface area contributed by atoms with Crippen LogP contribution in [-0.2, 0) is 6.54 Å². The van der Waals surface area contributed by atoms with Crippen LogP contribution in [0.15, 0.2) is 17.2 Å². The first-order valence-electron chi connectivity index (χ1n) is 7.03. The second-order valence-corrected chi connectivity index (χ2v) is 5.72. The van der Waals surface area contributed by atoms with E-state index in [1.807, 2.05) is 4.90 Å². The van der Waals surface area contributed by atoms with Crippen LogP contribution < -0.4 is 10.5 Å². The molecular formula is C14H23N3O2. The molecule has 1 aromatic heterocycles. The van der Waals surface area contributed by atoms with Crippen LogP contribution in [0.5, 0.6) is 0 Å². The highest BCUT2D eigenvalue weighted by molar-refractivity contribution is 5.36. The largest absolute Gasteiger partial charge is 0.396 e. The Hall–Kier alpha value is -1.36. The molecule has 0 radical (unpaired) electrons. The van der Waals surface area contributed by atoms with E-state index in [-0.39, 0.29) is 12.2 Å². The number of rotatable bonds is 4. The third kappa shape index (κ3) is 3.35. The molecule has 1 fully saturated rings. The summed E-state index contributed by atoms with van der Waals surface area (Å²) in [6, 6.07) is 0. The van der Waals surface area contributed by atoms with Crippen LogP contribution in [0.2, 0.25) is 0 Å². The van der Waals surface area contributed by atoms with Crippen LogP contribution in [0, 0.1) is 11.8 Å². The van der Waals surface area contributed by atoms with Gasteiger partial charge >= 0.3 is 0 Å². The Kier molecular flexibility index (Phi) is 4.58. The van der Waals surface area contributed by atoms with Crippen molar-refractivity contribution in [3.8, 4) is 0 Å². The molecule has 5 heteroatoms. The molecule has 0 atom stereocenters. The minimum absolute atomic E-state index is 0.00125. The monoisotopic (exact) mass is 265 g/mol. The fourth-order valence-corrected chi connectivity index (χ4v) is 2.52. The van der Waals surface area contributed by atoms with Gasteiger partial charge in [0.1, 0.15) is 0 Å². The molecule has 5 nitrogen and oxygen atoms in total. The summed E-state index contributed by atoms with van der Waals surface area (Å²) >= 11 is 0. The molecule has 1 N–H and O–H groups in total. The van der Waals surface area contributed by atoms with E-state index in [9.17, 15) is 4.79 Å². The lowest BCUT2D eigenvalue weighted by atomic mass is 9.98. The van der Waals surface area contributed by atoms with Gasteiger partial charge in [-0.15, -0.1) is 0 Å². The van der Waals surface area contributed by atoms with Crippen LogP contribution in [0.1, 0.15) is 26.7 Å². The van der Waals surface area contributed by atoms with Gasteiger partial charge in [-0.25, -0.2) is 4.98 Å². The number of hydrogen-bond acceptors (Lipinski definition) is 4. The van der Waals surface area contributed by atoms with Crippen LogP contribution in [0.3, 0.4) is 0 Å². The van der Waals surface area contributed by atoms with Gasteiger partial charge in [-0.2, -0.15) is 0 Å². The summed E-state index contributed by atoms with van der Waals surface area (Å²) in [6.45, 7) is 6.77. The quantitative estimate of drug-likeness (QED) is 0.886. The van der Waals surface area contributed by atoms with Crippen molar-refractivity contribution in [1.29, 1.82) is 0 Å². The van der Waals surface area contributed by atoms with Crippen molar-refractivity contribution in [1.82, 2.24) is 9.55 Å². The lowest BCUT2D eigenvalue weighted by Crippen LogP contribution is -2.40. The first-order valence-corrected chi connectivity index (χ1v) is 7.03. The molecule has 0 bridgehead atoms. The number of hydrogen-bond donors (Lipinski definition) is 1. The summed E-state index contributed by atoms with van der Waals surface area (Å²) in [7, 11) is 0. The summed E-state index contributed by atoms with van der Waals surface area (Å²) < 4.78 is 1.74. The minimum atomic E-state index is -0.00125. The van der Waals surface area contributed by atoms with Crippen LogP contribution in [-0.4, -0.2) is 34.4 Å². The predicted octanol–water partition coefficient (Wildman–Crippen LogP) is 1.11. The fourth-order valence-electron chi connectivity index (χ4n) is 2.52. The number of aromatic nitrogens is 2. The highest BCUT2D eigenvalue weighted by Crippen LogP contribution is 2.19. The summed E-state index contributed by atoms with van der Waals surface area (Å²) in [6.07, 6.45) is 5.32. The Morgan fingerprint density at radius 2 is 2.11 bits per heavy atom. The molecular weight excluding hydrogens is 242 g/mol. The van der Waals surface area contributed by atoms with E-state index in [2.05, 4.69) is 18.8 Å². The molecule has 19 heavy (non-hydrogen) atoms. The van der Waals surface area contributed by atoms with E-state index in [1.165, 1.54) is 0 Å². The molecule has 1 aliphatic rings. The van der Waals surface area contributed by atoms with E-state index in [0.29, 0.717) is 17.7 Å². The molecule has 2 heterocycles. The first kappa shape index (κ1) is 14.1. The Bertz CT molecular complexity index is 462. The summed E-state index contributed by atoms with van der Waals surface area (Å²) in [5.41, 5.74) is -0.00125. The third-order valence-electron chi connectivity index (χ3n) is 3.63. The fraction of sp³-hybridized carbons (Fsp3) is 0.714. The molecule has 0 aliphatic carbocycles. The molecule has 0 aromatic carbocycles. The average Bonchev–Trinajstić information content (AvgIpc) is 2.41. The zero-order valence-corrected chi connectivity index (χ0v) is 11.7. The Balaban J connectivity index is 2.15. The van der Waals surface area contributed by atoms with E-state index in [0.717, 1.165) is 32.5 Å². The van der Waals surface area contributed by atoms with E-state index in [1.54, 1.807) is 17.0 Å². The lowest BCUT2D eigenvalue weighted by Gasteiger charge is -2.31. The lowest BCUT2D eigenvalue weighted by molar-refractivity contribution is 0.202. The predicted molar refractivity (Wildman–Crippen MR) is 75.4 cm³/mol. The Labute approximate surface area is 113 Å². The molecule has 0 amide bonds. The normalized spacial score (nSPS) is 17.2. The number of nitrogens with zero attached hydrogens (tertiary/aromatic N) is 3. The van der Waals surface area contributed by atoms with E-state index < -0.39 is 0 Å². The van der Waals surface area contributed by atoms with Gasteiger partial charge in [0.05, 0.1) is 0 Å². The van der Waals surface area contributed by atoms with E-state index >= 15 is 0 Å². The van der Waals surface area contributed by atoms with Gasteiger partial charge in [0.25, 0.3) is 5.56 Å². The standard InChI is InChI=1S/C14H23N3O2/c1-11(2)9-17-8-5-15-13(14(17)19)16-6-3-12(10-18)4-7-16/h5,8,11-12,18H,3-4,6-7,9-10H2,1-2H3. The number of piperidine rings is 1. The first-order chi connectivity index (χ1) is 9.11. The Morgan fingerprint density at radius 1 is 1.42 bits per heavy atom. The number of aliphatic hydroxyl groups excluding tert-OH is 1. The van der Waals surface area contributed by atoms with Crippen molar-refractivity contribution in [3.05, 3.63) is 22.7 Å². The van der Waals surface area contributed by atoms with Crippen molar-refractivity contribution in [3.63, 3.8) is 0 Å². The van der Waals surface area contributed by atoms with Gasteiger partial charge < -0.3 is 14.6 Å². The van der Waals surface area contributed by atoms with Gasteiger partial charge in [-0.1, -0.05) is 13.8 Å². The molecule has 1 aliphatic heterocycles. The van der Waals surface area contributed by atoms with Crippen molar-refractivity contribution >= 4 is 5.82 Å². The molecule has 1 aromatic rings. The second-order valence-electron chi connectivity index (χ2n) is 5.72. The topological polar surface area (TPSA) is 58.4 Å². The molecule has 0 unspecified atom stereocenters. The zero-order chi connectivity index (χ0) is 13.8. The highest BCUT2D eigenvalue weighted by Gasteiger charge is 2.21. The van der Waals surface area contributed by atoms with Crippen LogP contribution >= 0.6 is 0 Å². The van der Waals surface area contributed by atoms with Crippen molar-refractivity contribution in [2.75, 3.05) is 24.6 Å². The molecule has 1 saturated heterocycles. The van der Waals surface area contributed by atoms with Crippen LogP contribution in [0.4, 0.5) is 5.82 Å². The van der Waals surface area contributed by atoms with E-state index in [4.69, 9.17) is 5.11 Å².